The molecule has 4 rings (SSSR count). The van der Waals surface area contributed by atoms with E-state index in [0.717, 1.165) is 10.5 Å². The SMILES string of the molecule is COc1ccc(C2(C)NC(=O)N(Cc3coc(-c4ccccc4)n3)C2=O)cc1. The van der Waals surface area contributed by atoms with Crippen LogP contribution in [-0.4, -0.2) is 28.9 Å². The van der Waals surface area contributed by atoms with Crippen LogP contribution in [0.3, 0.4) is 0 Å². The number of imide groups is 1. The van der Waals surface area contributed by atoms with Gasteiger partial charge in [-0.25, -0.2) is 9.78 Å². The first-order valence-corrected chi connectivity index (χ1v) is 8.80. The number of aromatic nitrogens is 1. The maximum absolute atomic E-state index is 13.0. The van der Waals surface area contributed by atoms with Crippen LogP contribution in [0.25, 0.3) is 11.5 Å². The predicted molar refractivity (Wildman–Crippen MR) is 101 cm³/mol. The first-order valence-electron chi connectivity index (χ1n) is 8.80. The van der Waals surface area contributed by atoms with Gasteiger partial charge in [-0.15, -0.1) is 0 Å². The molecule has 2 heterocycles. The van der Waals surface area contributed by atoms with E-state index in [1.807, 2.05) is 30.3 Å². The third-order valence-corrected chi connectivity index (χ3v) is 4.83. The van der Waals surface area contributed by atoms with E-state index in [1.54, 1.807) is 38.3 Å². The van der Waals surface area contributed by atoms with Crippen LogP contribution in [0.5, 0.6) is 5.75 Å². The van der Waals surface area contributed by atoms with E-state index >= 15 is 0 Å². The Balaban J connectivity index is 1.55. The van der Waals surface area contributed by atoms with Gasteiger partial charge in [0.2, 0.25) is 5.89 Å². The van der Waals surface area contributed by atoms with E-state index in [-0.39, 0.29) is 12.5 Å². The molecule has 3 aromatic rings. The van der Waals surface area contributed by atoms with Crippen molar-refractivity contribution in [3.63, 3.8) is 0 Å². The van der Waals surface area contributed by atoms with Gasteiger partial charge in [-0.3, -0.25) is 9.69 Å². The van der Waals surface area contributed by atoms with Gasteiger partial charge in [0.1, 0.15) is 17.6 Å². The van der Waals surface area contributed by atoms with Gasteiger partial charge in [0.15, 0.2) is 0 Å². The molecule has 28 heavy (non-hydrogen) atoms. The molecule has 1 fully saturated rings. The number of oxazole rings is 1. The van der Waals surface area contributed by atoms with Crippen molar-refractivity contribution in [1.82, 2.24) is 15.2 Å². The van der Waals surface area contributed by atoms with E-state index in [1.165, 1.54) is 6.26 Å². The predicted octanol–water partition coefficient (Wildman–Crippen LogP) is 3.32. The highest BCUT2D eigenvalue weighted by molar-refractivity contribution is 6.07. The monoisotopic (exact) mass is 377 g/mol. The smallest absolute Gasteiger partial charge is 0.325 e. The van der Waals surface area contributed by atoms with Crippen molar-refractivity contribution in [2.45, 2.75) is 19.0 Å². The molecule has 0 aliphatic carbocycles. The van der Waals surface area contributed by atoms with Crippen LogP contribution < -0.4 is 10.1 Å². The lowest BCUT2D eigenvalue weighted by molar-refractivity contribution is -0.131. The number of benzene rings is 2. The lowest BCUT2D eigenvalue weighted by Crippen LogP contribution is -2.40. The Morgan fingerprint density at radius 3 is 2.50 bits per heavy atom. The standard InChI is InChI=1S/C21H19N3O4/c1-21(15-8-10-17(27-2)11-9-15)19(25)24(20(26)23-21)12-16-13-28-18(22-16)14-6-4-3-5-7-14/h3-11,13H,12H2,1-2H3,(H,23,26). The number of ether oxygens (including phenoxy) is 1. The molecule has 1 atom stereocenters. The van der Waals surface area contributed by atoms with Crippen molar-refractivity contribution in [3.05, 3.63) is 72.1 Å². The van der Waals surface area contributed by atoms with Crippen molar-refractivity contribution in [1.29, 1.82) is 0 Å². The van der Waals surface area contributed by atoms with E-state index in [9.17, 15) is 9.59 Å². The molecule has 1 aromatic heterocycles. The summed E-state index contributed by atoms with van der Waals surface area (Å²) >= 11 is 0. The Hall–Kier alpha value is -3.61. The van der Waals surface area contributed by atoms with Crippen molar-refractivity contribution in [3.8, 4) is 17.2 Å². The number of hydrogen-bond acceptors (Lipinski definition) is 5. The molecule has 1 aliphatic rings. The van der Waals surface area contributed by atoms with Crippen LogP contribution in [0.15, 0.2) is 65.3 Å². The number of rotatable bonds is 5. The van der Waals surface area contributed by atoms with Crippen molar-refractivity contribution >= 4 is 11.9 Å². The summed E-state index contributed by atoms with van der Waals surface area (Å²) in [7, 11) is 1.57. The van der Waals surface area contributed by atoms with Crippen molar-refractivity contribution in [2.75, 3.05) is 7.11 Å². The minimum atomic E-state index is -1.14. The number of methoxy groups -OCH3 is 1. The Labute approximate surface area is 161 Å². The summed E-state index contributed by atoms with van der Waals surface area (Å²) in [6, 6.07) is 16.0. The molecular weight excluding hydrogens is 358 g/mol. The Kier molecular flexibility index (Phi) is 4.35. The second-order valence-corrected chi connectivity index (χ2v) is 6.68. The second-order valence-electron chi connectivity index (χ2n) is 6.68. The van der Waals surface area contributed by atoms with Gasteiger partial charge in [-0.05, 0) is 36.8 Å². The van der Waals surface area contributed by atoms with Gasteiger partial charge in [-0.1, -0.05) is 30.3 Å². The van der Waals surface area contributed by atoms with Gasteiger partial charge in [0.25, 0.3) is 5.91 Å². The first-order chi connectivity index (χ1) is 13.5. The largest absolute Gasteiger partial charge is 0.497 e. The third kappa shape index (κ3) is 3.00. The summed E-state index contributed by atoms with van der Waals surface area (Å²) in [5, 5.41) is 2.78. The number of carbonyl (C=O) groups is 2. The highest BCUT2D eigenvalue weighted by Crippen LogP contribution is 2.31. The maximum atomic E-state index is 13.0. The summed E-state index contributed by atoms with van der Waals surface area (Å²) in [6.45, 7) is 1.72. The molecule has 2 aromatic carbocycles. The fraction of sp³-hybridized carbons (Fsp3) is 0.190. The fourth-order valence-corrected chi connectivity index (χ4v) is 3.22. The molecule has 1 saturated heterocycles. The maximum Gasteiger partial charge on any atom is 0.325 e. The topological polar surface area (TPSA) is 84.7 Å². The van der Waals surface area contributed by atoms with E-state index in [4.69, 9.17) is 9.15 Å². The van der Waals surface area contributed by atoms with E-state index in [0.29, 0.717) is 22.9 Å². The summed E-state index contributed by atoms with van der Waals surface area (Å²) < 4.78 is 10.6. The molecular formula is C21H19N3O4. The van der Waals surface area contributed by atoms with E-state index in [2.05, 4.69) is 10.3 Å². The zero-order valence-electron chi connectivity index (χ0n) is 15.5. The quantitative estimate of drug-likeness (QED) is 0.690. The summed E-state index contributed by atoms with van der Waals surface area (Å²) in [5.74, 6) is 0.782. The fourth-order valence-electron chi connectivity index (χ4n) is 3.22. The van der Waals surface area contributed by atoms with Crippen LogP contribution in [-0.2, 0) is 16.9 Å². The highest BCUT2D eigenvalue weighted by atomic mass is 16.5. The molecule has 0 spiro atoms. The summed E-state index contributed by atoms with van der Waals surface area (Å²) in [4.78, 5) is 31.1. The average Bonchev–Trinajstić information content (AvgIpc) is 3.28. The molecule has 142 valence electrons. The van der Waals surface area contributed by atoms with Gasteiger partial charge < -0.3 is 14.5 Å². The number of hydrogen-bond donors (Lipinski definition) is 1. The number of nitrogens with one attached hydrogen (secondary N) is 1. The third-order valence-electron chi connectivity index (χ3n) is 4.83. The van der Waals surface area contributed by atoms with Gasteiger partial charge in [-0.2, -0.15) is 0 Å². The van der Waals surface area contributed by atoms with Crippen LogP contribution in [0.1, 0.15) is 18.2 Å². The summed E-state index contributed by atoms with van der Waals surface area (Å²) in [6.07, 6.45) is 1.46. The number of urea groups is 1. The van der Waals surface area contributed by atoms with Crippen molar-refractivity contribution in [2.24, 2.45) is 0 Å². The normalized spacial score (nSPS) is 19.0. The van der Waals surface area contributed by atoms with E-state index < -0.39 is 11.6 Å². The Morgan fingerprint density at radius 1 is 1.11 bits per heavy atom. The Bertz CT molecular complexity index is 1010. The number of nitrogens with zero attached hydrogens (tertiary/aromatic N) is 2. The molecule has 1 unspecified atom stereocenters. The Morgan fingerprint density at radius 2 is 1.82 bits per heavy atom. The zero-order valence-corrected chi connectivity index (χ0v) is 15.5. The van der Waals surface area contributed by atoms with Crippen LogP contribution >= 0.6 is 0 Å². The number of amides is 3. The molecule has 1 N–H and O–H groups in total. The summed E-state index contributed by atoms with van der Waals surface area (Å²) in [5.41, 5.74) is 0.865. The van der Waals surface area contributed by atoms with Crippen LogP contribution in [0.4, 0.5) is 4.79 Å². The molecule has 7 heteroatoms. The van der Waals surface area contributed by atoms with Gasteiger partial charge >= 0.3 is 6.03 Å². The van der Waals surface area contributed by atoms with Crippen LogP contribution in [0.2, 0.25) is 0 Å². The zero-order chi connectivity index (χ0) is 19.7. The lowest BCUT2D eigenvalue weighted by atomic mass is 9.92. The van der Waals surface area contributed by atoms with Crippen LogP contribution in [0, 0.1) is 0 Å². The minimum absolute atomic E-state index is 0.0345. The molecule has 0 saturated carbocycles. The molecule has 1 aliphatic heterocycles. The second kappa shape index (κ2) is 6.84. The van der Waals surface area contributed by atoms with Crippen molar-refractivity contribution < 1.29 is 18.7 Å². The molecule has 0 bridgehead atoms. The van der Waals surface area contributed by atoms with Gasteiger partial charge in [0, 0.05) is 5.56 Å². The molecule has 3 amide bonds. The van der Waals surface area contributed by atoms with Gasteiger partial charge in [0.05, 0.1) is 19.3 Å². The highest BCUT2D eigenvalue weighted by Gasteiger charge is 2.49. The lowest BCUT2D eigenvalue weighted by Gasteiger charge is -2.22. The first kappa shape index (κ1) is 17.8. The number of carbonyl (C=O) groups excluding carboxylic acids is 2. The molecule has 7 nitrogen and oxygen atoms in total. The molecule has 0 radical (unpaired) electrons. The average molecular weight is 377 g/mol. The minimum Gasteiger partial charge on any atom is -0.497 e.